The highest BCUT2D eigenvalue weighted by Crippen LogP contribution is 2.65. The van der Waals surface area contributed by atoms with Gasteiger partial charge in [-0.1, -0.05) is 42.5 Å². The molecule has 1 N–H and O–H groups in total. The molecule has 4 aliphatic carbocycles. The highest BCUT2D eigenvalue weighted by Gasteiger charge is 2.67. The predicted octanol–water partition coefficient (Wildman–Crippen LogP) is 2.93. The highest BCUT2D eigenvalue weighted by atomic mass is 16.3. The molecule has 5 heteroatoms. The standard InChI is InChI=1S/C22H18N2O3/c25-18-8-5-11-3-1-2-4-12(11)17(18)10-23-24-21(26)19-13-6-7-14(16-9-15(13)16)20(19)22(24)27/h1-8,10,13-16,19-20,25H,9H2/b23-10-/t13-,14-,15-,16+,19+,20-/m1/s1. The fraction of sp³-hybridized carbons (Fsp3) is 0.318. The quantitative estimate of drug-likeness (QED) is 0.510. The second-order valence-electron chi connectivity index (χ2n) is 8.11. The molecule has 5 aliphatic rings. The number of phenols is 1. The Bertz CT molecular complexity index is 1040. The first-order chi connectivity index (χ1) is 13.1. The molecule has 3 fully saturated rings. The maximum absolute atomic E-state index is 13.0. The van der Waals surface area contributed by atoms with Gasteiger partial charge in [0.25, 0.3) is 11.8 Å². The average Bonchev–Trinajstić information content (AvgIpc) is 3.47. The Balaban J connectivity index is 1.38. The first kappa shape index (κ1) is 15.1. The largest absolute Gasteiger partial charge is 0.507 e. The predicted molar refractivity (Wildman–Crippen MR) is 99.8 cm³/mol. The summed E-state index contributed by atoms with van der Waals surface area (Å²) in [5, 5.41) is 17.4. The van der Waals surface area contributed by atoms with Crippen LogP contribution in [-0.4, -0.2) is 28.1 Å². The van der Waals surface area contributed by atoms with Crippen molar-refractivity contribution in [2.45, 2.75) is 6.42 Å². The van der Waals surface area contributed by atoms with E-state index in [0.29, 0.717) is 17.4 Å². The van der Waals surface area contributed by atoms with Crippen molar-refractivity contribution in [3.63, 3.8) is 0 Å². The van der Waals surface area contributed by atoms with Gasteiger partial charge >= 0.3 is 0 Å². The Labute approximate surface area is 156 Å². The number of nitrogens with zero attached hydrogens (tertiary/aromatic N) is 2. The molecule has 2 amide bonds. The van der Waals surface area contributed by atoms with E-state index in [4.69, 9.17) is 0 Å². The third-order valence-corrected chi connectivity index (χ3v) is 6.89. The zero-order valence-corrected chi connectivity index (χ0v) is 14.5. The number of hydrazone groups is 1. The fourth-order valence-electron chi connectivity index (χ4n) is 5.59. The van der Waals surface area contributed by atoms with Crippen molar-refractivity contribution in [1.29, 1.82) is 0 Å². The minimum Gasteiger partial charge on any atom is -0.507 e. The lowest BCUT2D eigenvalue weighted by Crippen LogP contribution is -2.40. The lowest BCUT2D eigenvalue weighted by atomic mass is 9.63. The first-order valence-electron chi connectivity index (χ1n) is 9.46. The average molecular weight is 358 g/mol. The number of hydrogen-bond acceptors (Lipinski definition) is 4. The van der Waals surface area contributed by atoms with Crippen molar-refractivity contribution in [1.82, 2.24) is 5.01 Å². The summed E-state index contributed by atoms with van der Waals surface area (Å²) < 4.78 is 0. The Morgan fingerprint density at radius 2 is 1.63 bits per heavy atom. The van der Waals surface area contributed by atoms with Gasteiger partial charge in [0, 0.05) is 5.56 Å². The summed E-state index contributed by atoms with van der Waals surface area (Å²) in [6.45, 7) is 0. The maximum atomic E-state index is 13.0. The van der Waals surface area contributed by atoms with Crippen LogP contribution in [0.25, 0.3) is 10.8 Å². The van der Waals surface area contributed by atoms with Gasteiger partial charge in [-0.2, -0.15) is 10.1 Å². The zero-order valence-electron chi connectivity index (χ0n) is 14.5. The van der Waals surface area contributed by atoms with Gasteiger partial charge in [-0.3, -0.25) is 9.59 Å². The van der Waals surface area contributed by atoms with Crippen LogP contribution in [0, 0.1) is 35.5 Å². The molecule has 1 heterocycles. The topological polar surface area (TPSA) is 70.0 Å². The van der Waals surface area contributed by atoms with Crippen LogP contribution in [0.3, 0.4) is 0 Å². The molecule has 2 aromatic carbocycles. The zero-order chi connectivity index (χ0) is 18.3. The maximum Gasteiger partial charge on any atom is 0.254 e. The molecule has 1 aliphatic heterocycles. The molecule has 1 saturated heterocycles. The number of hydrogen-bond donors (Lipinski definition) is 1. The molecule has 6 atom stereocenters. The molecule has 27 heavy (non-hydrogen) atoms. The van der Waals surface area contributed by atoms with Crippen molar-refractivity contribution in [2.24, 2.45) is 40.6 Å². The molecule has 2 bridgehead atoms. The van der Waals surface area contributed by atoms with Crippen LogP contribution < -0.4 is 0 Å². The first-order valence-corrected chi connectivity index (χ1v) is 9.46. The van der Waals surface area contributed by atoms with Gasteiger partial charge < -0.3 is 5.11 Å². The van der Waals surface area contributed by atoms with E-state index in [1.807, 2.05) is 30.3 Å². The van der Waals surface area contributed by atoms with Crippen LogP contribution in [0.1, 0.15) is 12.0 Å². The van der Waals surface area contributed by atoms with Gasteiger partial charge in [0.1, 0.15) is 5.75 Å². The number of amides is 2. The second kappa shape index (κ2) is 5.06. The number of allylic oxidation sites excluding steroid dienone is 2. The van der Waals surface area contributed by atoms with Crippen LogP contribution in [0.4, 0.5) is 0 Å². The van der Waals surface area contributed by atoms with Gasteiger partial charge in [-0.05, 0) is 46.9 Å². The number of rotatable bonds is 2. The molecule has 0 spiro atoms. The minimum atomic E-state index is -0.255. The molecule has 0 radical (unpaired) electrons. The van der Waals surface area contributed by atoms with Crippen molar-refractivity contribution in [3.05, 3.63) is 54.1 Å². The normalized spacial score (nSPS) is 35.9. The van der Waals surface area contributed by atoms with Crippen molar-refractivity contribution < 1.29 is 14.7 Å². The van der Waals surface area contributed by atoms with Gasteiger partial charge in [0.15, 0.2) is 0 Å². The van der Waals surface area contributed by atoms with E-state index in [1.165, 1.54) is 6.21 Å². The Hall–Kier alpha value is -2.95. The van der Waals surface area contributed by atoms with Crippen LogP contribution >= 0.6 is 0 Å². The van der Waals surface area contributed by atoms with Crippen molar-refractivity contribution in [3.8, 4) is 5.75 Å². The van der Waals surface area contributed by atoms with Gasteiger partial charge in [-0.25, -0.2) is 0 Å². The van der Waals surface area contributed by atoms with E-state index >= 15 is 0 Å². The molecule has 2 saturated carbocycles. The van der Waals surface area contributed by atoms with Crippen LogP contribution in [-0.2, 0) is 9.59 Å². The number of carbonyl (C=O) groups is 2. The molecular weight excluding hydrogens is 340 g/mol. The van der Waals surface area contributed by atoms with E-state index < -0.39 is 0 Å². The lowest BCUT2D eigenvalue weighted by Gasteiger charge is -2.37. The van der Waals surface area contributed by atoms with E-state index in [9.17, 15) is 14.7 Å². The second-order valence-corrected chi connectivity index (χ2v) is 8.11. The number of carbonyl (C=O) groups excluding carboxylic acids is 2. The number of aromatic hydroxyl groups is 1. The molecule has 5 nitrogen and oxygen atoms in total. The number of phenolic OH excluding ortho intramolecular Hbond substituents is 1. The lowest BCUT2D eigenvalue weighted by molar-refractivity contribution is -0.140. The van der Waals surface area contributed by atoms with Crippen LogP contribution in [0.5, 0.6) is 5.75 Å². The Morgan fingerprint density at radius 1 is 0.963 bits per heavy atom. The summed E-state index contributed by atoms with van der Waals surface area (Å²) in [6, 6.07) is 11.1. The molecule has 7 rings (SSSR count). The smallest absolute Gasteiger partial charge is 0.254 e. The van der Waals surface area contributed by atoms with Crippen LogP contribution in [0.2, 0.25) is 0 Å². The third kappa shape index (κ3) is 1.91. The Morgan fingerprint density at radius 3 is 2.33 bits per heavy atom. The summed E-state index contributed by atoms with van der Waals surface area (Å²) in [4.78, 5) is 25.9. The summed E-state index contributed by atoms with van der Waals surface area (Å²) in [5.41, 5.74) is 0.521. The molecule has 134 valence electrons. The van der Waals surface area contributed by atoms with Gasteiger partial charge in [0.05, 0.1) is 18.1 Å². The fourth-order valence-corrected chi connectivity index (χ4v) is 5.59. The molecule has 2 aromatic rings. The summed E-state index contributed by atoms with van der Waals surface area (Å²) in [6.07, 6.45) is 6.88. The van der Waals surface area contributed by atoms with E-state index in [1.54, 1.807) is 6.07 Å². The monoisotopic (exact) mass is 358 g/mol. The minimum absolute atomic E-state index is 0.0805. The van der Waals surface area contributed by atoms with E-state index in [-0.39, 0.29) is 41.2 Å². The van der Waals surface area contributed by atoms with Crippen molar-refractivity contribution >= 4 is 28.8 Å². The summed E-state index contributed by atoms with van der Waals surface area (Å²) >= 11 is 0. The number of benzene rings is 2. The van der Waals surface area contributed by atoms with Gasteiger partial charge in [-0.15, -0.1) is 0 Å². The summed E-state index contributed by atoms with van der Waals surface area (Å²) in [7, 11) is 0. The Kier molecular flexibility index (Phi) is 2.84. The molecule has 0 aromatic heterocycles. The van der Waals surface area contributed by atoms with E-state index in [2.05, 4.69) is 17.3 Å². The van der Waals surface area contributed by atoms with Crippen molar-refractivity contribution in [2.75, 3.05) is 0 Å². The van der Waals surface area contributed by atoms with E-state index in [0.717, 1.165) is 22.2 Å². The SMILES string of the molecule is O=C1[C@@H]2[C@@H]3C=C[C@H]([C@H]4C[C@@H]34)[C@@H]2C(=O)N1/N=C\c1c(O)ccc2ccccc12. The number of imide groups is 1. The molecule has 0 unspecified atom stereocenters. The van der Waals surface area contributed by atoms with Crippen LogP contribution in [0.15, 0.2) is 53.7 Å². The molecular formula is C22H18N2O3. The summed E-state index contributed by atoms with van der Waals surface area (Å²) in [5.74, 6) is 0.714. The van der Waals surface area contributed by atoms with Gasteiger partial charge in [0.2, 0.25) is 0 Å². The third-order valence-electron chi connectivity index (χ3n) is 6.89. The highest BCUT2D eigenvalue weighted by molar-refractivity contribution is 6.08. The number of fused-ring (bicyclic) bond motifs is 1.